The Kier molecular flexibility index (Phi) is 4.54. The second kappa shape index (κ2) is 6.80. The summed E-state index contributed by atoms with van der Waals surface area (Å²) in [6.07, 6.45) is 8.72. The van der Waals surface area contributed by atoms with Crippen LogP contribution in [0, 0.1) is 0 Å². The monoisotopic (exact) mass is 332 g/mol. The van der Waals surface area contributed by atoms with Crippen molar-refractivity contribution in [2.75, 3.05) is 39.3 Å². The molecule has 132 valence electrons. The molecular weight excluding hydrogens is 304 g/mol. The van der Waals surface area contributed by atoms with Crippen molar-refractivity contribution in [1.29, 1.82) is 0 Å². The lowest BCUT2D eigenvalue weighted by molar-refractivity contribution is -0.00288. The van der Waals surface area contributed by atoms with Gasteiger partial charge in [0, 0.05) is 58.4 Å². The molecule has 1 saturated carbocycles. The van der Waals surface area contributed by atoms with Crippen LogP contribution in [-0.4, -0.2) is 87.0 Å². The quantitative estimate of drug-likeness (QED) is 0.811. The van der Waals surface area contributed by atoms with Crippen LogP contribution in [0.25, 0.3) is 0 Å². The number of aryl methyl sites for hydroxylation is 1. The number of aromatic nitrogens is 3. The van der Waals surface area contributed by atoms with E-state index in [4.69, 9.17) is 0 Å². The Morgan fingerprint density at radius 1 is 1.00 bits per heavy atom. The third-order valence-electron chi connectivity index (χ3n) is 5.93. The molecule has 3 heterocycles. The molecule has 1 aromatic rings. The first-order chi connectivity index (χ1) is 11.7. The standard InChI is InChI=1S/C17H28N6O/c1-20-13-16(18-19-20)17(24)23-11-15(12-23)22-9-7-21(8-10-22)14-5-3-2-4-6-14/h13-15H,2-12H2,1H3. The van der Waals surface area contributed by atoms with Gasteiger partial charge >= 0.3 is 0 Å². The number of piperazine rings is 1. The molecule has 0 unspecified atom stereocenters. The van der Waals surface area contributed by atoms with E-state index in [9.17, 15) is 4.79 Å². The number of carbonyl (C=O) groups is 1. The number of likely N-dealkylation sites (tertiary alicyclic amines) is 1. The minimum atomic E-state index is 0.0141. The average Bonchev–Trinajstić information content (AvgIpc) is 3.01. The fraction of sp³-hybridized carbons (Fsp3) is 0.824. The van der Waals surface area contributed by atoms with E-state index in [1.165, 1.54) is 45.2 Å². The molecule has 0 spiro atoms. The lowest BCUT2D eigenvalue weighted by Crippen LogP contribution is -2.64. The Hall–Kier alpha value is -1.47. The molecule has 24 heavy (non-hydrogen) atoms. The average molecular weight is 332 g/mol. The van der Waals surface area contributed by atoms with Crippen LogP contribution < -0.4 is 0 Å². The highest BCUT2D eigenvalue weighted by Crippen LogP contribution is 2.25. The van der Waals surface area contributed by atoms with Crippen molar-refractivity contribution in [3.8, 4) is 0 Å². The number of rotatable bonds is 3. The number of hydrogen-bond donors (Lipinski definition) is 0. The van der Waals surface area contributed by atoms with Gasteiger partial charge in [-0.2, -0.15) is 0 Å². The van der Waals surface area contributed by atoms with Gasteiger partial charge in [-0.05, 0) is 12.8 Å². The van der Waals surface area contributed by atoms with E-state index in [1.54, 1.807) is 17.9 Å². The highest BCUT2D eigenvalue weighted by atomic mass is 16.2. The summed E-state index contributed by atoms with van der Waals surface area (Å²) in [5, 5.41) is 7.76. The van der Waals surface area contributed by atoms with Gasteiger partial charge in [-0.1, -0.05) is 24.5 Å². The Morgan fingerprint density at radius 2 is 1.62 bits per heavy atom. The van der Waals surface area contributed by atoms with E-state index in [1.807, 2.05) is 4.90 Å². The highest BCUT2D eigenvalue weighted by Gasteiger charge is 2.37. The Labute approximate surface area is 143 Å². The summed E-state index contributed by atoms with van der Waals surface area (Å²) in [5.74, 6) is 0.0141. The minimum absolute atomic E-state index is 0.0141. The molecule has 0 atom stereocenters. The van der Waals surface area contributed by atoms with E-state index in [0.29, 0.717) is 11.7 Å². The predicted molar refractivity (Wildman–Crippen MR) is 90.7 cm³/mol. The van der Waals surface area contributed by atoms with E-state index < -0.39 is 0 Å². The summed E-state index contributed by atoms with van der Waals surface area (Å²) in [7, 11) is 1.79. The molecule has 1 amide bonds. The van der Waals surface area contributed by atoms with Crippen LogP contribution in [0.2, 0.25) is 0 Å². The molecular formula is C17H28N6O. The van der Waals surface area contributed by atoms with Crippen LogP contribution in [-0.2, 0) is 7.05 Å². The minimum Gasteiger partial charge on any atom is -0.334 e. The van der Waals surface area contributed by atoms with Crippen molar-refractivity contribution >= 4 is 5.91 Å². The SMILES string of the molecule is Cn1cc(C(=O)N2CC(N3CCN(C4CCCCC4)CC3)C2)nn1. The number of carbonyl (C=O) groups excluding carboxylic acids is 1. The summed E-state index contributed by atoms with van der Waals surface area (Å²) < 4.78 is 1.58. The first-order valence-corrected chi connectivity index (χ1v) is 9.34. The molecule has 7 nitrogen and oxygen atoms in total. The summed E-state index contributed by atoms with van der Waals surface area (Å²) in [4.78, 5) is 19.5. The van der Waals surface area contributed by atoms with Crippen LogP contribution in [0.3, 0.4) is 0 Å². The molecule has 3 aliphatic rings. The number of nitrogens with zero attached hydrogens (tertiary/aromatic N) is 6. The molecule has 3 fully saturated rings. The van der Waals surface area contributed by atoms with E-state index in [0.717, 1.165) is 32.2 Å². The maximum Gasteiger partial charge on any atom is 0.276 e. The molecule has 4 rings (SSSR count). The smallest absolute Gasteiger partial charge is 0.276 e. The zero-order chi connectivity index (χ0) is 16.5. The van der Waals surface area contributed by atoms with Gasteiger partial charge in [0.2, 0.25) is 0 Å². The van der Waals surface area contributed by atoms with Crippen LogP contribution >= 0.6 is 0 Å². The van der Waals surface area contributed by atoms with Crippen molar-refractivity contribution in [1.82, 2.24) is 29.7 Å². The second-order valence-electron chi connectivity index (χ2n) is 7.51. The first kappa shape index (κ1) is 16.0. The molecule has 0 bridgehead atoms. The third kappa shape index (κ3) is 3.19. The van der Waals surface area contributed by atoms with E-state index >= 15 is 0 Å². The summed E-state index contributed by atoms with van der Waals surface area (Å²) in [6, 6.07) is 1.36. The van der Waals surface area contributed by atoms with Crippen molar-refractivity contribution < 1.29 is 4.79 Å². The molecule has 1 aromatic heterocycles. The summed E-state index contributed by atoms with van der Waals surface area (Å²) in [6.45, 7) is 6.35. The normalized spacial score (nSPS) is 25.0. The Bertz CT molecular complexity index is 567. The molecule has 0 radical (unpaired) electrons. The lowest BCUT2D eigenvalue weighted by atomic mass is 9.93. The van der Waals surface area contributed by atoms with Gasteiger partial charge in [-0.15, -0.1) is 5.10 Å². The number of hydrogen-bond acceptors (Lipinski definition) is 5. The van der Waals surface area contributed by atoms with Crippen molar-refractivity contribution in [2.24, 2.45) is 7.05 Å². The maximum atomic E-state index is 12.3. The zero-order valence-corrected chi connectivity index (χ0v) is 14.6. The Morgan fingerprint density at radius 3 is 2.21 bits per heavy atom. The fourth-order valence-corrected chi connectivity index (χ4v) is 4.37. The molecule has 2 aliphatic heterocycles. The van der Waals surface area contributed by atoms with Gasteiger partial charge in [0.1, 0.15) is 0 Å². The third-order valence-corrected chi connectivity index (χ3v) is 5.93. The number of amides is 1. The van der Waals surface area contributed by atoms with Crippen molar-refractivity contribution in [3.63, 3.8) is 0 Å². The predicted octanol–water partition coefficient (Wildman–Crippen LogP) is 0.590. The topological polar surface area (TPSA) is 57.5 Å². The van der Waals surface area contributed by atoms with E-state index in [-0.39, 0.29) is 5.91 Å². The van der Waals surface area contributed by atoms with E-state index in [2.05, 4.69) is 20.1 Å². The largest absolute Gasteiger partial charge is 0.334 e. The highest BCUT2D eigenvalue weighted by molar-refractivity contribution is 5.92. The van der Waals surface area contributed by atoms with Crippen molar-refractivity contribution in [2.45, 2.75) is 44.2 Å². The van der Waals surface area contributed by atoms with Gasteiger partial charge in [0.05, 0.1) is 6.20 Å². The second-order valence-corrected chi connectivity index (χ2v) is 7.51. The Balaban J connectivity index is 1.23. The van der Waals surface area contributed by atoms with Gasteiger partial charge in [-0.25, -0.2) is 0 Å². The molecule has 7 heteroatoms. The van der Waals surface area contributed by atoms with Crippen LogP contribution in [0.1, 0.15) is 42.6 Å². The maximum absolute atomic E-state index is 12.3. The van der Waals surface area contributed by atoms with Gasteiger partial charge in [-0.3, -0.25) is 19.3 Å². The molecule has 0 aromatic carbocycles. The van der Waals surface area contributed by atoms with Crippen LogP contribution in [0.4, 0.5) is 0 Å². The lowest BCUT2D eigenvalue weighted by Gasteiger charge is -2.49. The summed E-state index contributed by atoms with van der Waals surface area (Å²) >= 11 is 0. The molecule has 1 aliphatic carbocycles. The van der Waals surface area contributed by atoms with Gasteiger partial charge in [0.15, 0.2) is 5.69 Å². The van der Waals surface area contributed by atoms with Gasteiger partial charge in [0.25, 0.3) is 5.91 Å². The van der Waals surface area contributed by atoms with Crippen LogP contribution in [0.5, 0.6) is 0 Å². The fourth-order valence-electron chi connectivity index (χ4n) is 4.37. The van der Waals surface area contributed by atoms with Crippen molar-refractivity contribution in [3.05, 3.63) is 11.9 Å². The first-order valence-electron chi connectivity index (χ1n) is 9.34. The van der Waals surface area contributed by atoms with Gasteiger partial charge < -0.3 is 4.90 Å². The molecule has 2 saturated heterocycles. The van der Waals surface area contributed by atoms with Crippen LogP contribution in [0.15, 0.2) is 6.20 Å². The zero-order valence-electron chi connectivity index (χ0n) is 14.6. The molecule has 0 N–H and O–H groups in total. The summed E-state index contributed by atoms with van der Waals surface area (Å²) in [5.41, 5.74) is 0.457.